The van der Waals surface area contributed by atoms with Crippen molar-refractivity contribution >= 4 is 47.8 Å². The average molecular weight is 1260 g/mol. The van der Waals surface area contributed by atoms with Crippen LogP contribution in [0, 0.1) is 13.8 Å². The second-order valence-electron chi connectivity index (χ2n) is 20.7. The van der Waals surface area contributed by atoms with Crippen LogP contribution in [0.15, 0.2) is 171 Å². The SMILES string of the molecule is C=CC(=O)OCCCOc1ccc(C(=O)Oc2ccc(OC(=O)c3ccc(OCCCOC(=O)C=C)c(-c4cc(OC(=O)c5ccc(OCCCCCOC(=O)C(=C)C)cc5)c(C)cc4OC(=O)c4ccc(OCCCCCOC(=O)C(=C)C)cc4)c3)c(C)c2)cc1. The molecule has 6 aromatic carbocycles. The summed E-state index contributed by atoms with van der Waals surface area (Å²) in [5, 5.41) is 0. The Morgan fingerprint density at radius 2 is 0.696 bits per heavy atom. The molecule has 0 amide bonds. The number of benzene rings is 6. The van der Waals surface area contributed by atoms with Gasteiger partial charge in [-0.1, -0.05) is 26.3 Å². The molecule has 6 aromatic rings. The molecule has 0 aliphatic rings. The maximum Gasteiger partial charge on any atom is 0.343 e. The molecule has 0 bridgehead atoms. The molecule has 0 aliphatic heterocycles. The van der Waals surface area contributed by atoms with Gasteiger partial charge in [0.1, 0.15) is 46.0 Å². The summed E-state index contributed by atoms with van der Waals surface area (Å²) in [4.78, 5) is 102. The maximum absolute atomic E-state index is 14.3. The minimum Gasteiger partial charge on any atom is -0.494 e. The van der Waals surface area contributed by atoms with E-state index in [0.717, 1.165) is 25.0 Å². The number of rotatable bonds is 37. The highest BCUT2D eigenvalue weighted by Crippen LogP contribution is 2.42. The van der Waals surface area contributed by atoms with E-state index in [4.69, 9.17) is 56.8 Å². The van der Waals surface area contributed by atoms with Gasteiger partial charge in [0.25, 0.3) is 0 Å². The highest BCUT2D eigenvalue weighted by atomic mass is 16.6. The van der Waals surface area contributed by atoms with Crippen LogP contribution in [0.2, 0.25) is 0 Å². The summed E-state index contributed by atoms with van der Waals surface area (Å²) >= 11 is 0. The number of hydrogen-bond acceptors (Lipinski definition) is 20. The third kappa shape index (κ3) is 23.0. The lowest BCUT2D eigenvalue weighted by Gasteiger charge is -2.19. The maximum atomic E-state index is 14.3. The van der Waals surface area contributed by atoms with Crippen LogP contribution in [0.1, 0.15) is 118 Å². The molecule has 0 N–H and O–H groups in total. The summed E-state index contributed by atoms with van der Waals surface area (Å²) in [6.45, 7) is 22.2. The number of aryl methyl sites for hydroxylation is 2. The lowest BCUT2D eigenvalue weighted by molar-refractivity contribution is -0.139. The van der Waals surface area contributed by atoms with E-state index in [9.17, 15) is 38.4 Å². The largest absolute Gasteiger partial charge is 0.494 e. The molecular formula is C72H74O20. The molecule has 6 rings (SSSR count). The lowest BCUT2D eigenvalue weighted by Crippen LogP contribution is -2.13. The Balaban J connectivity index is 1.23. The third-order valence-corrected chi connectivity index (χ3v) is 13.2. The molecule has 482 valence electrons. The van der Waals surface area contributed by atoms with Gasteiger partial charge >= 0.3 is 47.8 Å². The monoisotopic (exact) mass is 1260 g/mol. The molecule has 0 heterocycles. The molecule has 0 unspecified atom stereocenters. The van der Waals surface area contributed by atoms with Crippen LogP contribution >= 0.6 is 0 Å². The van der Waals surface area contributed by atoms with Crippen molar-refractivity contribution in [2.45, 2.75) is 79.1 Å². The summed E-state index contributed by atoms with van der Waals surface area (Å²) in [5.74, 6) is -2.97. The van der Waals surface area contributed by atoms with Crippen molar-refractivity contribution in [3.8, 4) is 57.1 Å². The average Bonchev–Trinajstić information content (AvgIpc) is 0.790. The van der Waals surface area contributed by atoms with Crippen LogP contribution in [0.5, 0.6) is 46.0 Å². The van der Waals surface area contributed by atoms with Crippen molar-refractivity contribution in [3.05, 3.63) is 204 Å². The van der Waals surface area contributed by atoms with Gasteiger partial charge in [-0.25, -0.2) is 38.4 Å². The fraction of sp³-hybridized carbons (Fsp3) is 0.278. The van der Waals surface area contributed by atoms with Crippen molar-refractivity contribution in [3.63, 3.8) is 0 Å². The van der Waals surface area contributed by atoms with Crippen LogP contribution < -0.4 is 37.9 Å². The summed E-state index contributed by atoms with van der Waals surface area (Å²) in [5.41, 5.74) is 2.42. The first-order valence-electron chi connectivity index (χ1n) is 29.7. The zero-order valence-corrected chi connectivity index (χ0v) is 52.0. The Bertz CT molecular complexity index is 3600. The van der Waals surface area contributed by atoms with E-state index >= 15 is 0 Å². The van der Waals surface area contributed by atoms with Gasteiger partial charge < -0.3 is 56.8 Å². The minimum absolute atomic E-state index is 0.00381. The first-order valence-corrected chi connectivity index (χ1v) is 29.7. The van der Waals surface area contributed by atoms with Crippen LogP contribution in [0.3, 0.4) is 0 Å². The number of esters is 8. The molecule has 0 spiro atoms. The molecule has 0 saturated carbocycles. The Labute approximate surface area is 534 Å². The molecule has 20 heteroatoms. The summed E-state index contributed by atoms with van der Waals surface area (Å²) in [6.07, 6.45) is 6.97. The fourth-order valence-corrected chi connectivity index (χ4v) is 8.24. The van der Waals surface area contributed by atoms with E-state index < -0.39 is 47.8 Å². The second-order valence-corrected chi connectivity index (χ2v) is 20.7. The highest BCUT2D eigenvalue weighted by Gasteiger charge is 2.24. The van der Waals surface area contributed by atoms with Crippen molar-refractivity contribution < 1.29 is 95.2 Å². The van der Waals surface area contributed by atoms with Crippen molar-refractivity contribution in [1.29, 1.82) is 0 Å². The van der Waals surface area contributed by atoms with E-state index in [1.807, 2.05) is 0 Å². The molecule has 0 radical (unpaired) electrons. The van der Waals surface area contributed by atoms with Gasteiger partial charge in [0, 0.05) is 47.3 Å². The normalized spacial score (nSPS) is 10.5. The molecular weight excluding hydrogens is 1180 g/mol. The predicted octanol–water partition coefficient (Wildman–Crippen LogP) is 13.2. The zero-order chi connectivity index (χ0) is 66.4. The first-order chi connectivity index (χ1) is 44.3. The van der Waals surface area contributed by atoms with Gasteiger partial charge in [0.05, 0.1) is 75.1 Å². The number of carbonyl (C=O) groups is 8. The molecule has 0 fully saturated rings. The Morgan fingerprint density at radius 1 is 0.337 bits per heavy atom. The van der Waals surface area contributed by atoms with E-state index in [1.54, 1.807) is 76.2 Å². The summed E-state index contributed by atoms with van der Waals surface area (Å²) in [7, 11) is 0. The zero-order valence-electron chi connectivity index (χ0n) is 52.0. The van der Waals surface area contributed by atoms with Gasteiger partial charge in [-0.15, -0.1) is 0 Å². The van der Waals surface area contributed by atoms with Crippen molar-refractivity contribution in [2.24, 2.45) is 0 Å². The van der Waals surface area contributed by atoms with E-state index in [-0.39, 0.29) is 108 Å². The van der Waals surface area contributed by atoms with Gasteiger partial charge in [0.15, 0.2) is 0 Å². The summed E-state index contributed by atoms with van der Waals surface area (Å²) < 4.78 is 67.9. The summed E-state index contributed by atoms with van der Waals surface area (Å²) in [6, 6.07) is 30.9. The first kappa shape index (κ1) is 70.3. The van der Waals surface area contributed by atoms with Crippen LogP contribution in [0.25, 0.3) is 11.1 Å². The fourth-order valence-electron chi connectivity index (χ4n) is 8.24. The van der Waals surface area contributed by atoms with Crippen molar-refractivity contribution in [2.75, 3.05) is 52.9 Å². The smallest absolute Gasteiger partial charge is 0.343 e. The number of carbonyl (C=O) groups excluding carboxylic acids is 8. The molecule has 0 aliphatic carbocycles. The van der Waals surface area contributed by atoms with E-state index in [2.05, 4.69) is 26.3 Å². The lowest BCUT2D eigenvalue weighted by atomic mass is 9.98. The minimum atomic E-state index is -0.820. The highest BCUT2D eigenvalue weighted by molar-refractivity contribution is 5.97. The second kappa shape index (κ2) is 36.7. The quantitative estimate of drug-likeness (QED) is 0.0116. The Kier molecular flexibility index (Phi) is 28.0. The predicted molar refractivity (Wildman–Crippen MR) is 340 cm³/mol. The van der Waals surface area contributed by atoms with Gasteiger partial charge in [-0.05, 0) is 199 Å². The Hall–Kier alpha value is -10.8. The molecule has 92 heavy (non-hydrogen) atoms. The number of hydrogen-bond donors (Lipinski definition) is 0. The van der Waals surface area contributed by atoms with E-state index in [0.29, 0.717) is 84.8 Å². The van der Waals surface area contributed by atoms with E-state index in [1.165, 1.54) is 72.8 Å². The molecule has 0 atom stereocenters. The van der Waals surface area contributed by atoms with Gasteiger partial charge in [0.2, 0.25) is 0 Å². The Morgan fingerprint density at radius 3 is 1.16 bits per heavy atom. The third-order valence-electron chi connectivity index (χ3n) is 13.2. The van der Waals surface area contributed by atoms with Crippen molar-refractivity contribution in [1.82, 2.24) is 0 Å². The molecule has 0 saturated heterocycles. The number of ether oxygens (including phenoxy) is 12. The van der Waals surface area contributed by atoms with Crippen LogP contribution in [0.4, 0.5) is 0 Å². The standard InChI is InChI=1S/C72H74O20/c1-9-65(73)85-41-17-39-83-57-26-19-51(20-27-57)69(77)89-58-32-34-61(49(7)43-58)90-72(80)54-25-33-62(84-40-18-42-86-66(74)10-2)59(45-54)60-46-63(91-70(78)52-21-28-55(29-22-52)81-35-13-11-15-37-87-67(75)47(3)4)50(8)44-64(60)92-71(79)53-23-30-56(31-24-53)82-36-14-12-16-38-88-68(76)48(5)6/h9-10,19-34,43-46H,1-3,5,11-18,35-42H2,4,6-8H3. The number of unbranched alkanes of at least 4 members (excludes halogenated alkanes) is 4. The topological polar surface area (TPSA) is 247 Å². The van der Waals surface area contributed by atoms with Crippen LogP contribution in [-0.2, 0) is 38.1 Å². The molecule has 0 aromatic heterocycles. The van der Waals surface area contributed by atoms with Crippen LogP contribution in [-0.4, -0.2) is 101 Å². The van der Waals surface area contributed by atoms with Gasteiger partial charge in [-0.2, -0.15) is 0 Å². The molecule has 20 nitrogen and oxygen atoms in total. The van der Waals surface area contributed by atoms with Gasteiger partial charge in [-0.3, -0.25) is 0 Å².